The number of aliphatic hydroxyl groups excluding tert-OH is 1. The lowest BCUT2D eigenvalue weighted by atomic mass is 9.92. The van der Waals surface area contributed by atoms with Gasteiger partial charge in [-0.15, -0.1) is 0 Å². The molecule has 1 fully saturated rings. The number of hydrogen-bond donors (Lipinski definition) is 1. The lowest BCUT2D eigenvalue weighted by Crippen LogP contribution is -2.32. The average Bonchev–Trinajstić information content (AvgIpc) is 1.98. The van der Waals surface area contributed by atoms with Crippen LogP contribution in [0.15, 0.2) is 5.11 Å². The Bertz CT molecular complexity index is 210. The van der Waals surface area contributed by atoms with E-state index >= 15 is 0 Å². The minimum atomic E-state index is -0.636. The second kappa shape index (κ2) is 3.37. The molecule has 0 aliphatic heterocycles. The van der Waals surface area contributed by atoms with E-state index in [1.165, 1.54) is 0 Å². The van der Waals surface area contributed by atoms with Crippen LogP contribution in [-0.2, 0) is 4.79 Å². The first kappa shape index (κ1) is 8.04. The maximum Gasteiger partial charge on any atom is 0.133 e. The number of rotatable bonds is 1. The molecule has 1 aliphatic rings. The van der Waals surface area contributed by atoms with Gasteiger partial charge in [-0.05, 0) is 12.0 Å². The number of azide groups is 1. The Morgan fingerprint density at radius 3 is 3.09 bits per heavy atom. The van der Waals surface area contributed by atoms with Crippen molar-refractivity contribution in [2.75, 3.05) is 0 Å². The van der Waals surface area contributed by atoms with Gasteiger partial charge in [-0.25, -0.2) is 0 Å². The maximum atomic E-state index is 10.8. The van der Waals surface area contributed by atoms with E-state index < -0.39 is 12.1 Å². The number of carbonyl (C=O) groups is 1. The second-order valence-corrected chi connectivity index (χ2v) is 2.62. The van der Waals surface area contributed by atoms with Crippen molar-refractivity contribution >= 4 is 5.78 Å². The summed E-state index contributed by atoms with van der Waals surface area (Å²) in [5, 5.41) is 12.5. The van der Waals surface area contributed by atoms with Crippen molar-refractivity contribution in [1.82, 2.24) is 0 Å². The van der Waals surface area contributed by atoms with E-state index in [1.807, 2.05) is 0 Å². The largest absolute Gasteiger partial charge is 0.393 e. The fourth-order valence-electron chi connectivity index (χ4n) is 1.16. The summed E-state index contributed by atoms with van der Waals surface area (Å²) in [4.78, 5) is 13.4. The third-order valence-corrected chi connectivity index (χ3v) is 1.80. The van der Waals surface area contributed by atoms with Gasteiger partial charge >= 0.3 is 0 Å². The van der Waals surface area contributed by atoms with Crippen molar-refractivity contribution in [3.05, 3.63) is 10.4 Å². The molecule has 0 spiro atoms. The fraction of sp³-hybridized carbons (Fsp3) is 0.833. The topological polar surface area (TPSA) is 86.1 Å². The molecule has 0 saturated heterocycles. The quantitative estimate of drug-likeness (QED) is 0.344. The number of Topliss-reactive ketones (excluding diaryl/α,β-unsaturated/α-hetero) is 1. The maximum absolute atomic E-state index is 10.8. The van der Waals surface area contributed by atoms with Gasteiger partial charge in [0.25, 0.3) is 0 Å². The van der Waals surface area contributed by atoms with Gasteiger partial charge in [-0.3, -0.25) is 4.79 Å². The van der Waals surface area contributed by atoms with E-state index in [2.05, 4.69) is 10.0 Å². The molecule has 1 N–H and O–H groups in total. The molecule has 0 aromatic carbocycles. The van der Waals surface area contributed by atoms with Crippen LogP contribution in [0.25, 0.3) is 10.4 Å². The predicted octanol–water partition coefficient (Wildman–Crippen LogP) is 0.779. The van der Waals surface area contributed by atoms with E-state index in [1.54, 1.807) is 0 Å². The van der Waals surface area contributed by atoms with Gasteiger partial charge in [-0.2, -0.15) is 0 Å². The van der Waals surface area contributed by atoms with Gasteiger partial charge in [0.2, 0.25) is 0 Å². The third-order valence-electron chi connectivity index (χ3n) is 1.80. The van der Waals surface area contributed by atoms with E-state index in [9.17, 15) is 9.90 Å². The summed E-state index contributed by atoms with van der Waals surface area (Å²) in [7, 11) is 0. The number of ketones is 1. The average molecular weight is 155 g/mol. The van der Waals surface area contributed by atoms with Crippen LogP contribution in [0.3, 0.4) is 0 Å². The third kappa shape index (κ3) is 1.93. The van der Waals surface area contributed by atoms with Crippen molar-refractivity contribution in [3.63, 3.8) is 0 Å². The lowest BCUT2D eigenvalue weighted by Gasteiger charge is -2.21. The zero-order chi connectivity index (χ0) is 8.27. The van der Waals surface area contributed by atoms with Crippen molar-refractivity contribution in [3.8, 4) is 0 Å². The summed E-state index contributed by atoms with van der Waals surface area (Å²) in [6.45, 7) is 0. The number of nitrogens with zero attached hydrogens (tertiary/aromatic N) is 3. The molecular formula is C6H9N3O2. The van der Waals surface area contributed by atoms with Gasteiger partial charge < -0.3 is 5.11 Å². The summed E-state index contributed by atoms with van der Waals surface area (Å²) < 4.78 is 0. The van der Waals surface area contributed by atoms with E-state index in [4.69, 9.17) is 5.53 Å². The first-order valence-corrected chi connectivity index (χ1v) is 3.48. The smallest absolute Gasteiger partial charge is 0.133 e. The predicted molar refractivity (Wildman–Crippen MR) is 37.8 cm³/mol. The number of carbonyl (C=O) groups excluding carboxylic acids is 1. The molecule has 1 saturated carbocycles. The second-order valence-electron chi connectivity index (χ2n) is 2.62. The highest BCUT2D eigenvalue weighted by molar-refractivity contribution is 5.80. The molecule has 5 heteroatoms. The molecule has 60 valence electrons. The molecule has 0 aromatic rings. The van der Waals surface area contributed by atoms with Gasteiger partial charge in [0.1, 0.15) is 5.78 Å². The Hall–Kier alpha value is -1.06. The Balaban J connectivity index is 2.60. The van der Waals surface area contributed by atoms with Crippen LogP contribution >= 0.6 is 0 Å². The minimum absolute atomic E-state index is 0.0627. The highest BCUT2D eigenvalue weighted by Crippen LogP contribution is 2.18. The fourth-order valence-corrected chi connectivity index (χ4v) is 1.16. The zero-order valence-electron chi connectivity index (χ0n) is 5.97. The van der Waals surface area contributed by atoms with Gasteiger partial charge in [0, 0.05) is 17.8 Å². The van der Waals surface area contributed by atoms with Gasteiger partial charge in [0.05, 0.1) is 12.1 Å². The SMILES string of the molecule is [N-]=[N+]=NC1CC(=O)CCC1O. The number of hydrogen-bond acceptors (Lipinski definition) is 3. The Morgan fingerprint density at radius 1 is 1.73 bits per heavy atom. The molecule has 11 heavy (non-hydrogen) atoms. The highest BCUT2D eigenvalue weighted by Gasteiger charge is 2.26. The molecule has 2 atom stereocenters. The molecule has 0 bridgehead atoms. The summed E-state index contributed by atoms with van der Waals surface area (Å²) in [5.41, 5.74) is 8.06. The molecule has 0 amide bonds. The van der Waals surface area contributed by atoms with Crippen molar-refractivity contribution in [2.45, 2.75) is 31.4 Å². The highest BCUT2D eigenvalue weighted by atomic mass is 16.3. The van der Waals surface area contributed by atoms with Crippen LogP contribution < -0.4 is 0 Å². The van der Waals surface area contributed by atoms with Crippen molar-refractivity contribution in [1.29, 1.82) is 0 Å². The molecule has 2 unspecified atom stereocenters. The van der Waals surface area contributed by atoms with Crippen LogP contribution in [0.4, 0.5) is 0 Å². The molecule has 0 radical (unpaired) electrons. The van der Waals surface area contributed by atoms with Crippen LogP contribution in [-0.4, -0.2) is 23.0 Å². The van der Waals surface area contributed by atoms with Gasteiger partial charge in [0.15, 0.2) is 0 Å². The summed E-state index contributed by atoms with van der Waals surface area (Å²) >= 11 is 0. The van der Waals surface area contributed by atoms with Gasteiger partial charge in [-0.1, -0.05) is 5.11 Å². The number of aliphatic hydroxyl groups is 1. The first-order valence-electron chi connectivity index (χ1n) is 3.48. The standard InChI is InChI=1S/C6H9N3O2/c7-9-8-5-3-4(10)1-2-6(5)11/h5-6,11H,1-3H2. The zero-order valence-corrected chi connectivity index (χ0v) is 5.97. The van der Waals surface area contributed by atoms with Crippen LogP contribution in [0.2, 0.25) is 0 Å². The molecule has 0 aromatic heterocycles. The minimum Gasteiger partial charge on any atom is -0.393 e. The van der Waals surface area contributed by atoms with E-state index in [0.717, 1.165) is 0 Å². The van der Waals surface area contributed by atoms with Crippen LogP contribution in [0, 0.1) is 0 Å². The molecule has 1 aliphatic carbocycles. The van der Waals surface area contributed by atoms with Crippen molar-refractivity contribution < 1.29 is 9.90 Å². The van der Waals surface area contributed by atoms with Crippen LogP contribution in [0.1, 0.15) is 19.3 Å². The van der Waals surface area contributed by atoms with Crippen molar-refractivity contribution in [2.24, 2.45) is 5.11 Å². The van der Waals surface area contributed by atoms with E-state index in [-0.39, 0.29) is 12.2 Å². The molecule has 5 nitrogen and oxygen atoms in total. The molecular weight excluding hydrogens is 146 g/mol. The first-order chi connectivity index (χ1) is 5.24. The lowest BCUT2D eigenvalue weighted by molar-refractivity contribution is -0.122. The van der Waals surface area contributed by atoms with E-state index in [0.29, 0.717) is 12.8 Å². The summed E-state index contributed by atoms with van der Waals surface area (Å²) in [6.07, 6.45) is 0.371. The monoisotopic (exact) mass is 155 g/mol. The normalized spacial score (nSPS) is 31.2. The summed E-state index contributed by atoms with van der Waals surface area (Å²) in [5.74, 6) is 0.0627. The molecule has 1 rings (SSSR count). The molecule has 0 heterocycles. The Kier molecular flexibility index (Phi) is 2.46. The van der Waals surface area contributed by atoms with Crippen LogP contribution in [0.5, 0.6) is 0 Å². The Morgan fingerprint density at radius 2 is 2.45 bits per heavy atom. The Labute approximate surface area is 63.6 Å². The summed E-state index contributed by atoms with van der Waals surface area (Å²) in [6, 6.07) is -0.541.